The quantitative estimate of drug-likeness (QED) is 0.587. The van der Waals surface area contributed by atoms with Crippen molar-refractivity contribution in [1.82, 2.24) is 10.6 Å². The number of nitrogens with one attached hydrogen (secondary N) is 2. The molecule has 1 atom stereocenters. The fourth-order valence-corrected chi connectivity index (χ4v) is 2.94. The number of amides is 2. The Morgan fingerprint density at radius 1 is 0.966 bits per heavy atom. The summed E-state index contributed by atoms with van der Waals surface area (Å²) in [5, 5.41) is 5.69. The zero-order valence-electron chi connectivity index (χ0n) is 16.3. The summed E-state index contributed by atoms with van der Waals surface area (Å²) in [6.45, 7) is 0.269. The number of rotatable bonds is 9. The smallest absolute Gasteiger partial charge is 0.243 e. The van der Waals surface area contributed by atoms with E-state index in [2.05, 4.69) is 10.6 Å². The third kappa shape index (κ3) is 6.24. The first-order chi connectivity index (χ1) is 14.1. The van der Waals surface area contributed by atoms with E-state index in [4.69, 9.17) is 9.15 Å². The van der Waals surface area contributed by atoms with Gasteiger partial charge in [0.2, 0.25) is 11.8 Å². The molecule has 150 valence electrons. The lowest BCUT2D eigenvalue weighted by Crippen LogP contribution is -2.48. The molecule has 0 fully saturated rings. The van der Waals surface area contributed by atoms with Gasteiger partial charge in [0.15, 0.2) is 0 Å². The highest BCUT2D eigenvalue weighted by atomic mass is 16.5. The van der Waals surface area contributed by atoms with Crippen LogP contribution in [0.4, 0.5) is 0 Å². The van der Waals surface area contributed by atoms with E-state index >= 15 is 0 Å². The average Bonchev–Trinajstić information content (AvgIpc) is 3.26. The summed E-state index contributed by atoms with van der Waals surface area (Å²) in [7, 11) is 1.59. The topological polar surface area (TPSA) is 80.6 Å². The molecule has 3 rings (SSSR count). The minimum absolute atomic E-state index is 0.181. The Bertz CT molecular complexity index is 906. The number of benzene rings is 2. The van der Waals surface area contributed by atoms with E-state index in [1.165, 1.54) is 0 Å². The minimum atomic E-state index is -0.682. The molecule has 0 unspecified atom stereocenters. The Morgan fingerprint density at radius 2 is 1.72 bits per heavy atom. The lowest BCUT2D eigenvalue weighted by Gasteiger charge is -2.18. The van der Waals surface area contributed by atoms with Crippen molar-refractivity contribution in [1.29, 1.82) is 0 Å². The highest BCUT2D eigenvalue weighted by molar-refractivity contribution is 5.88. The van der Waals surface area contributed by atoms with Gasteiger partial charge in [0.1, 0.15) is 17.6 Å². The number of carbonyl (C=O) groups is 2. The highest BCUT2D eigenvalue weighted by Crippen LogP contribution is 2.12. The van der Waals surface area contributed by atoms with E-state index in [-0.39, 0.29) is 24.8 Å². The number of furan rings is 1. The van der Waals surface area contributed by atoms with Crippen LogP contribution in [0.15, 0.2) is 77.4 Å². The van der Waals surface area contributed by atoms with Crippen LogP contribution in [0.25, 0.3) is 0 Å². The molecule has 2 aromatic carbocycles. The molecule has 6 nitrogen and oxygen atoms in total. The molecule has 1 heterocycles. The van der Waals surface area contributed by atoms with Crippen molar-refractivity contribution >= 4 is 11.8 Å². The van der Waals surface area contributed by atoms with Gasteiger partial charge < -0.3 is 19.8 Å². The Labute approximate surface area is 169 Å². The SMILES string of the molecule is COc1ccc(CC(=O)N[C@@H](Cc2ccccc2)C(=O)NCc2ccco2)cc1. The number of hydrogen-bond donors (Lipinski definition) is 2. The first-order valence-electron chi connectivity index (χ1n) is 9.40. The molecule has 0 radical (unpaired) electrons. The molecule has 2 amide bonds. The van der Waals surface area contributed by atoms with Crippen molar-refractivity contribution in [3.05, 3.63) is 89.9 Å². The second-order valence-corrected chi connectivity index (χ2v) is 6.63. The second kappa shape index (κ2) is 10.1. The zero-order valence-corrected chi connectivity index (χ0v) is 16.3. The van der Waals surface area contributed by atoms with Gasteiger partial charge in [-0.15, -0.1) is 0 Å². The molecule has 3 aromatic rings. The van der Waals surface area contributed by atoms with Gasteiger partial charge in [-0.05, 0) is 35.4 Å². The van der Waals surface area contributed by atoms with Gasteiger partial charge in [0, 0.05) is 6.42 Å². The minimum Gasteiger partial charge on any atom is -0.497 e. The summed E-state index contributed by atoms with van der Waals surface area (Å²) >= 11 is 0. The monoisotopic (exact) mass is 392 g/mol. The maximum absolute atomic E-state index is 12.7. The molecule has 0 aliphatic rings. The third-order valence-electron chi connectivity index (χ3n) is 4.48. The molecule has 29 heavy (non-hydrogen) atoms. The number of ether oxygens (including phenoxy) is 1. The average molecular weight is 392 g/mol. The van der Waals surface area contributed by atoms with Gasteiger partial charge in [-0.25, -0.2) is 0 Å². The fraction of sp³-hybridized carbons (Fsp3) is 0.217. The molecule has 2 N–H and O–H groups in total. The number of carbonyl (C=O) groups excluding carboxylic acids is 2. The van der Waals surface area contributed by atoms with Crippen LogP contribution in [0, 0.1) is 0 Å². The summed E-state index contributed by atoms with van der Waals surface area (Å²) in [6, 6.07) is 19.7. The van der Waals surface area contributed by atoms with Crippen LogP contribution in [-0.4, -0.2) is 25.0 Å². The first kappa shape index (κ1) is 20.2. The first-order valence-corrected chi connectivity index (χ1v) is 9.40. The van der Waals surface area contributed by atoms with Crippen LogP contribution >= 0.6 is 0 Å². The van der Waals surface area contributed by atoms with Crippen molar-refractivity contribution in [2.45, 2.75) is 25.4 Å². The Balaban J connectivity index is 1.64. The molecule has 0 aliphatic heterocycles. The lowest BCUT2D eigenvalue weighted by molar-refractivity contribution is -0.128. The molecule has 0 saturated carbocycles. The molecule has 0 bridgehead atoms. The molecule has 1 aromatic heterocycles. The van der Waals surface area contributed by atoms with E-state index in [1.807, 2.05) is 42.5 Å². The van der Waals surface area contributed by atoms with Crippen LogP contribution in [0.2, 0.25) is 0 Å². The van der Waals surface area contributed by atoms with Crippen molar-refractivity contribution in [2.75, 3.05) is 7.11 Å². The van der Waals surface area contributed by atoms with Gasteiger partial charge in [-0.1, -0.05) is 42.5 Å². The lowest BCUT2D eigenvalue weighted by atomic mass is 10.0. The van der Waals surface area contributed by atoms with Gasteiger partial charge in [-0.3, -0.25) is 9.59 Å². The normalized spacial score (nSPS) is 11.5. The molecular weight excluding hydrogens is 368 g/mol. The number of methoxy groups -OCH3 is 1. The predicted molar refractivity (Wildman–Crippen MR) is 109 cm³/mol. The van der Waals surface area contributed by atoms with Crippen molar-refractivity contribution in [3.8, 4) is 5.75 Å². The van der Waals surface area contributed by atoms with Crippen LogP contribution in [0.1, 0.15) is 16.9 Å². The molecular formula is C23H24N2O4. The van der Waals surface area contributed by atoms with Gasteiger partial charge in [0.25, 0.3) is 0 Å². The molecule has 0 aliphatic carbocycles. The van der Waals surface area contributed by atoms with Crippen molar-refractivity contribution in [2.24, 2.45) is 0 Å². The van der Waals surface area contributed by atoms with Crippen LogP contribution in [0.5, 0.6) is 5.75 Å². The molecule has 0 saturated heterocycles. The maximum Gasteiger partial charge on any atom is 0.243 e. The summed E-state index contributed by atoms with van der Waals surface area (Å²) in [5.74, 6) is 0.910. The summed E-state index contributed by atoms with van der Waals surface area (Å²) in [6.07, 6.45) is 2.14. The Morgan fingerprint density at radius 3 is 2.38 bits per heavy atom. The van der Waals surface area contributed by atoms with Crippen LogP contribution < -0.4 is 15.4 Å². The molecule has 6 heteroatoms. The largest absolute Gasteiger partial charge is 0.497 e. The van der Waals surface area contributed by atoms with E-state index in [1.54, 1.807) is 37.6 Å². The zero-order chi connectivity index (χ0) is 20.5. The van der Waals surface area contributed by atoms with Crippen molar-refractivity contribution < 1.29 is 18.7 Å². The summed E-state index contributed by atoms with van der Waals surface area (Å²) in [4.78, 5) is 25.3. The standard InChI is InChI=1S/C23H24N2O4/c1-28-19-11-9-18(10-12-19)15-22(26)25-21(14-17-6-3-2-4-7-17)23(27)24-16-20-8-5-13-29-20/h2-13,21H,14-16H2,1H3,(H,24,27)(H,25,26)/t21-/m0/s1. The van der Waals surface area contributed by atoms with Gasteiger partial charge in [0.05, 0.1) is 26.3 Å². The fourth-order valence-electron chi connectivity index (χ4n) is 2.94. The molecule has 0 spiro atoms. The van der Waals surface area contributed by atoms with Gasteiger partial charge >= 0.3 is 0 Å². The second-order valence-electron chi connectivity index (χ2n) is 6.63. The van der Waals surface area contributed by atoms with E-state index < -0.39 is 6.04 Å². The Kier molecular flexibility index (Phi) is 7.05. The predicted octanol–water partition coefficient (Wildman–Crippen LogP) is 2.87. The summed E-state index contributed by atoms with van der Waals surface area (Å²) in [5.41, 5.74) is 1.81. The maximum atomic E-state index is 12.7. The van der Waals surface area contributed by atoms with E-state index in [0.717, 1.165) is 16.9 Å². The highest BCUT2D eigenvalue weighted by Gasteiger charge is 2.21. The third-order valence-corrected chi connectivity index (χ3v) is 4.48. The Hall–Kier alpha value is -3.54. The van der Waals surface area contributed by atoms with Crippen LogP contribution in [0.3, 0.4) is 0 Å². The van der Waals surface area contributed by atoms with E-state index in [9.17, 15) is 9.59 Å². The van der Waals surface area contributed by atoms with Crippen molar-refractivity contribution in [3.63, 3.8) is 0 Å². The van der Waals surface area contributed by atoms with E-state index in [0.29, 0.717) is 12.2 Å². The van der Waals surface area contributed by atoms with Gasteiger partial charge in [-0.2, -0.15) is 0 Å². The van der Waals surface area contributed by atoms with Crippen LogP contribution in [-0.2, 0) is 29.0 Å². The number of hydrogen-bond acceptors (Lipinski definition) is 4. The summed E-state index contributed by atoms with van der Waals surface area (Å²) < 4.78 is 10.4.